The largest absolute Gasteiger partial charge is 0.306 e. The van der Waals surface area contributed by atoms with Gasteiger partial charge in [-0.15, -0.1) is 68.0 Å². The monoisotopic (exact) mass is 1370 g/mol. The van der Waals surface area contributed by atoms with Crippen LogP contribution in [-0.2, 0) is 35.3 Å². The second kappa shape index (κ2) is 40.5. The molecular weight excluding hydrogens is 1250 g/mol. The van der Waals surface area contributed by atoms with Gasteiger partial charge in [0, 0.05) is 61.9 Å². The maximum atomic E-state index is 16.2. The molecule has 0 saturated carbocycles. The lowest BCUT2D eigenvalue weighted by Gasteiger charge is -2.29. The minimum absolute atomic E-state index is 0.0333. The normalized spacial score (nSPS) is 14.2. The van der Waals surface area contributed by atoms with Gasteiger partial charge in [0.2, 0.25) is 0 Å². The minimum Gasteiger partial charge on any atom is -0.306 e. The molecule has 512 valence electrons. The second-order valence-electron chi connectivity index (χ2n) is 27.9. The number of unbranched alkanes of at least 4 members (excludes halogenated alkanes) is 25. The van der Waals surface area contributed by atoms with Crippen LogP contribution >= 0.6 is 68.0 Å². The SMILES string of the molecule is CCCCCCCCCCCCc1cc(C)sc1-c1sc(-c2ccc(-c3sc(C4=C5C(=O)N(CC(CC)CCCC)C(c6cc(CCCCCC)c(-c7ccc(C)s7)s6)=C5C(=O)N4CC(CC)CCCC)cc3CCCCCC)s2)cc1CCCCCCCCCCC. The average Bonchev–Trinajstić information content (AvgIpc) is 1.55. The summed E-state index contributed by atoms with van der Waals surface area (Å²) < 4.78 is 0. The summed E-state index contributed by atoms with van der Waals surface area (Å²) in [5.74, 6) is 0.749. The lowest BCUT2D eigenvalue weighted by atomic mass is 9.98. The van der Waals surface area contributed by atoms with Crippen LogP contribution in [-0.4, -0.2) is 34.7 Å². The Labute approximate surface area is 591 Å². The van der Waals surface area contributed by atoms with Crippen LogP contribution in [0, 0.1) is 25.7 Å². The highest BCUT2D eigenvalue weighted by molar-refractivity contribution is 7.29. The average molecular weight is 1370 g/mol. The molecule has 0 fully saturated rings. The van der Waals surface area contributed by atoms with Gasteiger partial charge in [-0.1, -0.05) is 242 Å². The van der Waals surface area contributed by atoms with Gasteiger partial charge in [0.05, 0.1) is 32.3 Å². The molecule has 2 atom stereocenters. The van der Waals surface area contributed by atoms with Crippen molar-refractivity contribution < 1.29 is 9.59 Å². The predicted molar refractivity (Wildman–Crippen MR) is 417 cm³/mol. The van der Waals surface area contributed by atoms with Gasteiger partial charge in [0.25, 0.3) is 11.8 Å². The molecule has 0 bridgehead atoms. The summed E-state index contributed by atoms with van der Waals surface area (Å²) in [7, 11) is 0. The summed E-state index contributed by atoms with van der Waals surface area (Å²) in [5.41, 5.74) is 8.95. The van der Waals surface area contributed by atoms with E-state index in [2.05, 4.69) is 139 Å². The van der Waals surface area contributed by atoms with Crippen LogP contribution in [0.4, 0.5) is 0 Å². The highest BCUT2D eigenvalue weighted by Crippen LogP contribution is 2.54. The number of fused-ring (bicyclic) bond motifs is 1. The molecule has 0 aliphatic carbocycles. The van der Waals surface area contributed by atoms with Gasteiger partial charge in [-0.25, -0.2) is 0 Å². The smallest absolute Gasteiger partial charge is 0.261 e. The standard InChI is InChI=1S/C83H122N2O2S6/c1-11-19-25-29-31-33-35-37-38-42-46-64-54-61(10)89-80(64)81-67(49-43-39-36-34-32-30-26-20-12-2)55-71(91-81)68-52-53-70(90-68)79-66(48-41-28-22-14-4)57-73(93-79)77-75-74(82(86)85(77)59-63(18-8)45-24-16-6)76(84(83(75)87)58-62(17-7)44-23-15-5)72-56-65(47-40-27-21-13-3)78(92-72)69-51-50-60(9)88-69/h50-57,62-63H,11-49,58-59H2,1-10H3. The van der Waals surface area contributed by atoms with Gasteiger partial charge in [-0.05, 0) is 161 Å². The molecule has 6 aromatic heterocycles. The van der Waals surface area contributed by atoms with Crippen molar-refractivity contribution in [2.45, 2.75) is 320 Å². The molecule has 0 N–H and O–H groups in total. The zero-order valence-electron chi connectivity index (χ0n) is 59.9. The van der Waals surface area contributed by atoms with Crippen LogP contribution in [0.25, 0.3) is 50.4 Å². The topological polar surface area (TPSA) is 40.6 Å². The summed E-state index contributed by atoms with van der Waals surface area (Å²) in [6, 6.07) is 19.4. The Balaban J connectivity index is 1.20. The lowest BCUT2D eigenvalue weighted by molar-refractivity contribution is -0.124. The van der Waals surface area contributed by atoms with Crippen LogP contribution in [0.3, 0.4) is 0 Å². The summed E-state index contributed by atoms with van der Waals surface area (Å²) >= 11 is 11.6. The number of thiophene rings is 6. The first-order chi connectivity index (χ1) is 45.5. The number of carbonyl (C=O) groups excluding carboxylic acids is 2. The van der Waals surface area contributed by atoms with Gasteiger partial charge in [-0.2, -0.15) is 0 Å². The Morgan fingerprint density at radius 2 is 0.645 bits per heavy atom. The molecule has 10 heteroatoms. The van der Waals surface area contributed by atoms with Crippen molar-refractivity contribution in [2.24, 2.45) is 11.8 Å². The minimum atomic E-state index is 0.0333. The van der Waals surface area contributed by atoms with E-state index in [9.17, 15) is 0 Å². The number of hydrogen-bond donors (Lipinski definition) is 0. The summed E-state index contributed by atoms with van der Waals surface area (Å²) in [4.78, 5) is 52.6. The number of hydrogen-bond acceptors (Lipinski definition) is 8. The van der Waals surface area contributed by atoms with Crippen LogP contribution in [0.15, 0.2) is 59.7 Å². The fraction of sp³-hybridized carbons (Fsp3) is 0.639. The second-order valence-corrected chi connectivity index (χ2v) is 34.7. The summed E-state index contributed by atoms with van der Waals surface area (Å²) in [5, 5.41) is 0. The first kappa shape index (κ1) is 75.4. The Morgan fingerprint density at radius 3 is 1.05 bits per heavy atom. The van der Waals surface area contributed by atoms with Gasteiger partial charge in [-0.3, -0.25) is 9.59 Å². The first-order valence-corrected chi connectivity index (χ1v) is 43.2. The third-order valence-corrected chi connectivity index (χ3v) is 27.6. The summed E-state index contributed by atoms with van der Waals surface area (Å²) in [6.07, 6.45) is 48.3. The number of carbonyl (C=O) groups is 2. The molecule has 2 amide bonds. The molecule has 8 rings (SSSR count). The third-order valence-electron chi connectivity index (χ3n) is 20.2. The van der Waals surface area contributed by atoms with E-state index >= 15 is 9.59 Å². The van der Waals surface area contributed by atoms with E-state index in [4.69, 9.17) is 0 Å². The highest BCUT2D eigenvalue weighted by Gasteiger charge is 2.50. The van der Waals surface area contributed by atoms with Gasteiger partial charge < -0.3 is 9.80 Å². The quantitative estimate of drug-likeness (QED) is 0.0357. The Morgan fingerprint density at radius 1 is 0.312 bits per heavy atom. The third kappa shape index (κ3) is 21.1. The van der Waals surface area contributed by atoms with E-state index in [1.165, 1.54) is 227 Å². The van der Waals surface area contributed by atoms with E-state index in [0.29, 0.717) is 36.1 Å². The van der Waals surface area contributed by atoms with E-state index < -0.39 is 0 Å². The van der Waals surface area contributed by atoms with E-state index in [1.807, 2.05) is 56.7 Å². The zero-order valence-corrected chi connectivity index (χ0v) is 64.8. The van der Waals surface area contributed by atoms with Crippen molar-refractivity contribution in [1.82, 2.24) is 9.80 Å². The summed E-state index contributed by atoms with van der Waals surface area (Å²) in [6.45, 7) is 24.2. The molecule has 2 unspecified atom stereocenters. The molecule has 2 aliphatic heterocycles. The van der Waals surface area contributed by atoms with Crippen molar-refractivity contribution in [3.05, 3.63) is 101 Å². The molecular formula is C83H122N2O2S6. The van der Waals surface area contributed by atoms with Crippen molar-refractivity contribution >= 4 is 91.2 Å². The molecule has 0 saturated heterocycles. The molecule has 0 radical (unpaired) electrons. The van der Waals surface area contributed by atoms with Crippen LogP contribution in [0.5, 0.6) is 0 Å². The van der Waals surface area contributed by atoms with E-state index in [-0.39, 0.29) is 11.8 Å². The maximum absolute atomic E-state index is 16.2. The molecule has 8 heterocycles. The number of amides is 2. The Hall–Kier alpha value is -3.38. The van der Waals surface area contributed by atoms with Crippen LogP contribution in [0.1, 0.15) is 322 Å². The maximum Gasteiger partial charge on any atom is 0.261 e. The van der Waals surface area contributed by atoms with Crippen molar-refractivity contribution in [1.29, 1.82) is 0 Å². The zero-order chi connectivity index (χ0) is 65.9. The molecule has 93 heavy (non-hydrogen) atoms. The number of rotatable bonds is 49. The molecule has 4 nitrogen and oxygen atoms in total. The Bertz CT molecular complexity index is 3250. The lowest BCUT2D eigenvalue weighted by Crippen LogP contribution is -2.34. The van der Waals surface area contributed by atoms with Crippen molar-refractivity contribution in [3.63, 3.8) is 0 Å². The fourth-order valence-corrected chi connectivity index (χ4v) is 21.7. The van der Waals surface area contributed by atoms with Gasteiger partial charge in [0.1, 0.15) is 0 Å². The number of nitrogens with zero attached hydrogens (tertiary/aromatic N) is 2. The van der Waals surface area contributed by atoms with Gasteiger partial charge >= 0.3 is 0 Å². The van der Waals surface area contributed by atoms with Crippen LogP contribution < -0.4 is 0 Å². The van der Waals surface area contributed by atoms with E-state index in [0.717, 1.165) is 105 Å². The highest BCUT2D eigenvalue weighted by atomic mass is 32.1. The van der Waals surface area contributed by atoms with Crippen LogP contribution in [0.2, 0.25) is 0 Å². The molecule has 0 aromatic carbocycles. The van der Waals surface area contributed by atoms with Crippen molar-refractivity contribution in [2.75, 3.05) is 13.1 Å². The van der Waals surface area contributed by atoms with Gasteiger partial charge in [0.15, 0.2) is 0 Å². The predicted octanol–water partition coefficient (Wildman–Crippen LogP) is 28.4. The van der Waals surface area contributed by atoms with E-state index in [1.54, 1.807) is 11.1 Å². The molecule has 0 spiro atoms. The fourth-order valence-electron chi connectivity index (χ4n) is 14.4. The van der Waals surface area contributed by atoms with Crippen molar-refractivity contribution in [3.8, 4) is 39.0 Å². The number of aryl methyl sites for hydroxylation is 6. The molecule has 2 aliphatic rings. The molecule has 6 aromatic rings. The first-order valence-electron chi connectivity index (χ1n) is 38.3. The Kier molecular flexibility index (Phi) is 32.8.